The van der Waals surface area contributed by atoms with Crippen LogP contribution < -0.4 is 14.7 Å². The number of amides is 3. The molecule has 3 saturated heterocycles. The Labute approximate surface area is 600 Å². The number of hydrogen-bond acceptors (Lipinski definition) is 15. The van der Waals surface area contributed by atoms with Gasteiger partial charge in [-0.05, 0) is 129 Å². The minimum Gasteiger partial charge on any atom is -0.469 e. The second-order valence-corrected chi connectivity index (χ2v) is 32.6. The molecule has 498 valence electrons. The molecule has 24 heteroatoms. The third kappa shape index (κ3) is 23.3. The highest BCUT2D eigenvalue weighted by molar-refractivity contribution is 8.78. The predicted molar refractivity (Wildman–Crippen MR) is 398 cm³/mol. The van der Waals surface area contributed by atoms with Gasteiger partial charge in [0.2, 0.25) is 17.7 Å². The van der Waals surface area contributed by atoms with Gasteiger partial charge < -0.3 is 14.2 Å². The molecule has 3 aliphatic heterocycles. The van der Waals surface area contributed by atoms with Crippen LogP contribution in [0.15, 0.2) is 127 Å². The Balaban J connectivity index is 0.000000198. The third-order valence-corrected chi connectivity index (χ3v) is 26.1. The molecule has 0 spiro atoms. The smallest absolute Gasteiger partial charge is 0.310 e. The summed E-state index contributed by atoms with van der Waals surface area (Å²) in [6.45, 7) is 0. The van der Waals surface area contributed by atoms with E-state index in [1.165, 1.54) is 57.9 Å². The summed E-state index contributed by atoms with van der Waals surface area (Å²) in [6.07, 6.45) is 13.7. The quantitative estimate of drug-likeness (QED) is 0.0209. The Morgan fingerprint density at radius 2 is 0.613 bits per heavy atom. The Hall–Kier alpha value is -4.02. The molecule has 93 heavy (non-hydrogen) atoms. The topological polar surface area (TPSA) is 140 Å². The summed E-state index contributed by atoms with van der Waals surface area (Å²) < 4.78 is 14.5. The molecule has 0 aliphatic carbocycles. The van der Waals surface area contributed by atoms with Crippen molar-refractivity contribution in [3.8, 4) is 0 Å². The van der Waals surface area contributed by atoms with Gasteiger partial charge >= 0.3 is 17.9 Å². The van der Waals surface area contributed by atoms with Gasteiger partial charge in [-0.3, -0.25) is 43.5 Å². The molecule has 3 atom stereocenters. The van der Waals surface area contributed by atoms with Gasteiger partial charge in [-0.25, -0.2) is 0 Å². The van der Waals surface area contributed by atoms with Gasteiger partial charge in [-0.15, -0.1) is 0 Å². The van der Waals surface area contributed by atoms with Crippen LogP contribution in [0.4, 0.5) is 34.1 Å². The number of ether oxygens (including phenoxy) is 3. The molecule has 3 heterocycles. The summed E-state index contributed by atoms with van der Waals surface area (Å²) in [5.41, 5.74) is 5.14. The van der Waals surface area contributed by atoms with Crippen LogP contribution >= 0.6 is 134 Å². The number of anilines is 6. The normalized spacial score (nSPS) is 15.6. The van der Waals surface area contributed by atoms with Crippen LogP contribution in [0.5, 0.6) is 0 Å². The van der Waals surface area contributed by atoms with Crippen LogP contribution in [0.25, 0.3) is 0 Å². The molecular formula is C69H75Cl6N3O9S6. The minimum absolute atomic E-state index is 0.0507. The highest BCUT2D eigenvalue weighted by Gasteiger charge is 2.30. The SMILES string of the molecule is COC(=O)Cc1ccccc1N(C(=O)CCCCC1CCSS1)c1c(Cl)cccc1Cl.COC(=O)Cc1ccccc1N(C(=O)CCCC[C@@H]1CCSS1)c1c(Cl)cccc1Cl.COC(=O)Cc1ccccc1N(C(=O)CCCC[C@H]1CCSS1)c1c(Cl)cccc1Cl. The van der Waals surface area contributed by atoms with Crippen molar-refractivity contribution in [2.24, 2.45) is 0 Å². The zero-order valence-corrected chi connectivity index (χ0v) is 61.4. The molecule has 6 aromatic carbocycles. The van der Waals surface area contributed by atoms with Crippen molar-refractivity contribution in [2.45, 2.75) is 131 Å². The van der Waals surface area contributed by atoms with Crippen molar-refractivity contribution in [1.29, 1.82) is 0 Å². The number of rotatable bonds is 27. The van der Waals surface area contributed by atoms with Crippen LogP contribution in [-0.4, -0.2) is 90.0 Å². The molecule has 9 rings (SSSR count). The van der Waals surface area contributed by atoms with Gasteiger partial charge in [0.05, 0.1) is 105 Å². The third-order valence-electron chi connectivity index (χ3n) is 15.3. The fraction of sp³-hybridized carbons (Fsp3) is 0.391. The fourth-order valence-corrected chi connectivity index (χ4v) is 21.3. The number of hydrogen-bond donors (Lipinski definition) is 0. The van der Waals surface area contributed by atoms with E-state index in [-0.39, 0.29) is 54.9 Å². The monoisotopic (exact) mass is 1490 g/mol. The fourth-order valence-electron chi connectivity index (χ4n) is 10.5. The number of halogens is 6. The summed E-state index contributed by atoms with van der Waals surface area (Å²) in [5.74, 6) is 2.21. The molecule has 3 fully saturated rings. The van der Waals surface area contributed by atoms with E-state index in [1.54, 1.807) is 69.3 Å². The number of esters is 3. The molecule has 0 radical (unpaired) electrons. The van der Waals surface area contributed by atoms with Gasteiger partial charge in [-0.1, -0.05) is 226 Å². The van der Waals surface area contributed by atoms with Crippen LogP contribution in [0.2, 0.25) is 30.1 Å². The number of unbranched alkanes of at least 4 members (excludes halogenated alkanes) is 3. The van der Waals surface area contributed by atoms with E-state index >= 15 is 0 Å². The largest absolute Gasteiger partial charge is 0.469 e. The van der Waals surface area contributed by atoms with Gasteiger partial charge in [0.1, 0.15) is 0 Å². The molecule has 3 amide bonds. The van der Waals surface area contributed by atoms with Crippen molar-refractivity contribution in [3.05, 3.63) is 174 Å². The lowest BCUT2D eigenvalue weighted by atomic mass is 10.1. The van der Waals surface area contributed by atoms with Gasteiger partial charge in [0, 0.05) is 52.3 Å². The zero-order valence-electron chi connectivity index (χ0n) is 51.9. The molecule has 6 aromatic rings. The second-order valence-electron chi connectivity index (χ2n) is 21.8. The minimum atomic E-state index is -0.378. The first-order chi connectivity index (χ1) is 45.0. The standard InChI is InChI=1S/3C23H25Cl2NO3S2/c3*1-29-22(28)15-16-7-2-4-11-20(16)26(23-18(24)9-6-10-19(23)25)21(27)12-5-3-8-17-13-14-30-31-17/h3*2,4,6-7,9-11,17H,3,5,8,12-15H2,1H3/t2*17-;/m10./s1. The maximum Gasteiger partial charge on any atom is 0.310 e. The predicted octanol–water partition coefficient (Wildman–Crippen LogP) is 21.3. The number of para-hydroxylation sites is 6. The van der Waals surface area contributed by atoms with Gasteiger partial charge in [0.15, 0.2) is 0 Å². The van der Waals surface area contributed by atoms with Crippen LogP contribution in [-0.2, 0) is 62.2 Å². The highest BCUT2D eigenvalue weighted by atomic mass is 35.5. The van der Waals surface area contributed by atoms with E-state index in [0.717, 1.165) is 57.8 Å². The van der Waals surface area contributed by atoms with Gasteiger partial charge in [-0.2, -0.15) is 0 Å². The first-order valence-electron chi connectivity index (χ1n) is 30.6. The van der Waals surface area contributed by atoms with E-state index in [0.29, 0.717) is 116 Å². The lowest BCUT2D eigenvalue weighted by Gasteiger charge is -2.27. The summed E-state index contributed by atoms with van der Waals surface area (Å²) in [6, 6.07) is 37.3. The Bertz CT molecular complexity index is 3050. The summed E-state index contributed by atoms with van der Waals surface area (Å²) >= 11 is 38.9. The number of carbonyl (C=O) groups excluding carboxylic acids is 6. The van der Waals surface area contributed by atoms with Gasteiger partial charge in [0.25, 0.3) is 0 Å². The van der Waals surface area contributed by atoms with Crippen molar-refractivity contribution >= 4 is 204 Å². The molecule has 1 unspecified atom stereocenters. The number of benzene rings is 6. The molecule has 0 saturated carbocycles. The molecular weight excluding hydrogens is 1420 g/mol. The van der Waals surface area contributed by atoms with E-state index in [1.807, 2.05) is 138 Å². The zero-order chi connectivity index (χ0) is 66.7. The van der Waals surface area contributed by atoms with E-state index in [2.05, 4.69) is 0 Å². The highest BCUT2D eigenvalue weighted by Crippen LogP contribution is 2.46. The molecule has 0 N–H and O–H groups in total. The first-order valence-corrected chi connectivity index (χ1v) is 40.0. The summed E-state index contributed by atoms with van der Waals surface area (Å²) in [4.78, 5) is 80.8. The molecule has 3 aliphatic rings. The summed E-state index contributed by atoms with van der Waals surface area (Å²) in [5, 5.41) is 4.36. The Morgan fingerprint density at radius 3 is 0.839 bits per heavy atom. The molecule has 12 nitrogen and oxygen atoms in total. The van der Waals surface area contributed by atoms with E-state index in [9.17, 15) is 28.8 Å². The Morgan fingerprint density at radius 1 is 0.366 bits per heavy atom. The van der Waals surface area contributed by atoms with Crippen LogP contribution in [0.1, 0.15) is 113 Å². The van der Waals surface area contributed by atoms with Crippen molar-refractivity contribution in [3.63, 3.8) is 0 Å². The first kappa shape index (κ1) is 76.3. The second kappa shape index (κ2) is 40.6. The molecule has 0 bridgehead atoms. The van der Waals surface area contributed by atoms with Crippen molar-refractivity contribution < 1.29 is 43.0 Å². The van der Waals surface area contributed by atoms with E-state index in [4.69, 9.17) is 83.8 Å². The molecule has 0 aromatic heterocycles. The number of methoxy groups -OCH3 is 3. The van der Waals surface area contributed by atoms with Crippen LogP contribution in [0.3, 0.4) is 0 Å². The summed E-state index contributed by atoms with van der Waals surface area (Å²) in [7, 11) is 15.7. The maximum atomic E-state index is 13.4. The average Bonchev–Trinajstić information content (AvgIpc) is 0.914. The van der Waals surface area contributed by atoms with Crippen molar-refractivity contribution in [2.75, 3.05) is 53.3 Å². The average molecular weight is 1500 g/mol. The van der Waals surface area contributed by atoms with Crippen LogP contribution in [0, 0.1) is 0 Å². The number of carbonyl (C=O) groups is 6. The van der Waals surface area contributed by atoms with E-state index < -0.39 is 0 Å². The van der Waals surface area contributed by atoms with Crippen molar-refractivity contribution in [1.82, 2.24) is 0 Å². The lowest BCUT2D eigenvalue weighted by molar-refractivity contribution is -0.140. The maximum absolute atomic E-state index is 13.4. The lowest BCUT2D eigenvalue weighted by Crippen LogP contribution is -2.27. The Kier molecular flexibility index (Phi) is 33.4. The number of nitrogens with zero attached hydrogens (tertiary/aromatic N) is 3.